The van der Waals surface area contributed by atoms with Crippen molar-refractivity contribution < 1.29 is 13.2 Å². The van der Waals surface area contributed by atoms with Gasteiger partial charge < -0.3 is 5.32 Å². The Hall–Kier alpha value is -2.09. The number of halogens is 3. The Morgan fingerprint density at radius 3 is 2.09 bits per heavy atom. The van der Waals surface area contributed by atoms with Crippen molar-refractivity contribution >= 4 is 50.7 Å². The number of carbonyl (C=O) groups is 1. The number of nitrogens with zero attached hydrogens (tertiary/aromatic N) is 1. The molecular formula is C23H21Cl3N2O3S. The number of hydrogen-bond acceptors (Lipinski definition) is 3. The highest BCUT2D eigenvalue weighted by atomic mass is 35.5. The van der Waals surface area contributed by atoms with Crippen LogP contribution in [0.25, 0.3) is 0 Å². The van der Waals surface area contributed by atoms with Gasteiger partial charge in [0.25, 0.3) is 0 Å². The average molecular weight is 512 g/mol. The molecule has 0 bridgehead atoms. The van der Waals surface area contributed by atoms with E-state index in [9.17, 15) is 13.2 Å². The maximum Gasteiger partial charge on any atom is 0.243 e. The third kappa shape index (κ3) is 6.47. The molecule has 32 heavy (non-hydrogen) atoms. The Morgan fingerprint density at radius 2 is 1.47 bits per heavy atom. The number of benzene rings is 3. The van der Waals surface area contributed by atoms with E-state index in [4.69, 9.17) is 34.8 Å². The highest BCUT2D eigenvalue weighted by molar-refractivity contribution is 7.89. The van der Waals surface area contributed by atoms with E-state index in [0.717, 1.165) is 9.87 Å². The zero-order valence-corrected chi connectivity index (χ0v) is 20.1. The van der Waals surface area contributed by atoms with Crippen molar-refractivity contribution in [1.82, 2.24) is 9.62 Å². The van der Waals surface area contributed by atoms with Gasteiger partial charge in [0.15, 0.2) is 0 Å². The molecule has 168 valence electrons. The fourth-order valence-electron chi connectivity index (χ4n) is 3.05. The molecular weight excluding hydrogens is 491 g/mol. The van der Waals surface area contributed by atoms with Crippen molar-refractivity contribution in [1.29, 1.82) is 0 Å². The lowest BCUT2D eigenvalue weighted by Crippen LogP contribution is -2.41. The van der Waals surface area contributed by atoms with Crippen LogP contribution < -0.4 is 5.32 Å². The summed E-state index contributed by atoms with van der Waals surface area (Å²) in [6, 6.07) is 20.3. The summed E-state index contributed by atoms with van der Waals surface area (Å²) in [5.74, 6) is -0.429. The van der Waals surface area contributed by atoms with Crippen LogP contribution in [0.1, 0.15) is 11.1 Å². The maximum atomic E-state index is 13.3. The molecule has 1 N–H and O–H groups in total. The van der Waals surface area contributed by atoms with Gasteiger partial charge in [-0.15, -0.1) is 0 Å². The minimum absolute atomic E-state index is 0.0159. The highest BCUT2D eigenvalue weighted by Gasteiger charge is 2.28. The van der Waals surface area contributed by atoms with Crippen LogP contribution in [-0.2, 0) is 27.8 Å². The SMILES string of the molecule is O=C(CN(Cc1c(Cl)cccc1Cl)S(=O)(=O)c1ccc(Cl)cc1)NCCc1ccccc1. The molecule has 0 atom stereocenters. The quantitative estimate of drug-likeness (QED) is 0.429. The minimum atomic E-state index is -4.03. The maximum absolute atomic E-state index is 13.3. The number of nitrogens with one attached hydrogen (secondary N) is 1. The zero-order valence-electron chi connectivity index (χ0n) is 17.0. The number of carbonyl (C=O) groups excluding carboxylic acids is 1. The molecule has 0 fully saturated rings. The van der Waals surface area contributed by atoms with Gasteiger partial charge in [0.2, 0.25) is 15.9 Å². The van der Waals surface area contributed by atoms with Gasteiger partial charge in [-0.1, -0.05) is 71.2 Å². The normalized spacial score (nSPS) is 11.5. The standard InChI is InChI=1S/C23H21Cl3N2O3S/c24-18-9-11-19(12-10-18)32(30,31)28(15-20-21(25)7-4-8-22(20)26)16-23(29)27-14-13-17-5-2-1-3-6-17/h1-12H,13-16H2,(H,27,29). The summed E-state index contributed by atoms with van der Waals surface area (Å²) in [5.41, 5.74) is 1.49. The predicted octanol–water partition coefficient (Wildman–Crippen LogP) is 5.20. The molecule has 0 spiro atoms. The predicted molar refractivity (Wildman–Crippen MR) is 129 cm³/mol. The Labute approximate surface area is 203 Å². The van der Waals surface area contributed by atoms with Crippen LogP contribution in [0.5, 0.6) is 0 Å². The molecule has 3 aromatic carbocycles. The van der Waals surface area contributed by atoms with Crippen molar-refractivity contribution in [3.8, 4) is 0 Å². The van der Waals surface area contributed by atoms with Crippen LogP contribution in [0, 0.1) is 0 Å². The first-order chi connectivity index (χ1) is 15.3. The van der Waals surface area contributed by atoms with Crippen molar-refractivity contribution in [2.45, 2.75) is 17.9 Å². The van der Waals surface area contributed by atoms with Crippen LogP contribution in [-0.4, -0.2) is 31.7 Å². The van der Waals surface area contributed by atoms with Crippen LogP contribution in [0.2, 0.25) is 15.1 Å². The van der Waals surface area contributed by atoms with Crippen LogP contribution >= 0.6 is 34.8 Å². The lowest BCUT2D eigenvalue weighted by atomic mass is 10.1. The minimum Gasteiger partial charge on any atom is -0.355 e. The topological polar surface area (TPSA) is 66.5 Å². The summed E-state index contributed by atoms with van der Waals surface area (Å²) in [6.07, 6.45) is 0.632. The smallest absolute Gasteiger partial charge is 0.243 e. The fraction of sp³-hybridized carbons (Fsp3) is 0.174. The Balaban J connectivity index is 1.80. The van der Waals surface area contributed by atoms with Crippen molar-refractivity contribution in [3.63, 3.8) is 0 Å². The summed E-state index contributed by atoms with van der Waals surface area (Å²) in [4.78, 5) is 12.6. The molecule has 3 aromatic rings. The molecule has 0 radical (unpaired) electrons. The number of hydrogen-bond donors (Lipinski definition) is 1. The molecule has 0 saturated carbocycles. The lowest BCUT2D eigenvalue weighted by molar-refractivity contribution is -0.121. The molecule has 1 amide bonds. The largest absolute Gasteiger partial charge is 0.355 e. The number of rotatable bonds is 9. The van der Waals surface area contributed by atoms with E-state index in [2.05, 4.69) is 5.32 Å². The first-order valence-corrected chi connectivity index (χ1v) is 12.3. The van der Waals surface area contributed by atoms with E-state index < -0.39 is 15.9 Å². The van der Waals surface area contributed by atoms with Gasteiger partial charge >= 0.3 is 0 Å². The van der Waals surface area contributed by atoms with Crippen molar-refractivity contribution in [3.05, 3.63) is 99.0 Å². The Kier molecular flexibility index (Phi) is 8.57. The first-order valence-electron chi connectivity index (χ1n) is 9.76. The molecule has 9 heteroatoms. The van der Waals surface area contributed by atoms with Gasteiger partial charge in [-0.2, -0.15) is 4.31 Å². The lowest BCUT2D eigenvalue weighted by Gasteiger charge is -2.23. The highest BCUT2D eigenvalue weighted by Crippen LogP contribution is 2.28. The van der Waals surface area contributed by atoms with Gasteiger partial charge in [0, 0.05) is 33.7 Å². The fourth-order valence-corrected chi connectivity index (χ4v) is 5.06. The van der Waals surface area contributed by atoms with E-state index in [1.807, 2.05) is 30.3 Å². The summed E-state index contributed by atoms with van der Waals surface area (Å²) in [5, 5.41) is 3.82. The molecule has 0 aliphatic heterocycles. The molecule has 0 aliphatic carbocycles. The van der Waals surface area contributed by atoms with Gasteiger partial charge in [-0.05, 0) is 48.4 Å². The van der Waals surface area contributed by atoms with E-state index in [0.29, 0.717) is 33.6 Å². The Bertz CT molecular complexity index is 1150. The Morgan fingerprint density at radius 1 is 0.844 bits per heavy atom. The monoisotopic (exact) mass is 510 g/mol. The van der Waals surface area contributed by atoms with Crippen molar-refractivity contribution in [2.75, 3.05) is 13.1 Å². The second-order valence-corrected chi connectivity index (χ2v) is 10.2. The third-order valence-corrected chi connectivity index (χ3v) is 7.51. The number of amides is 1. The van der Waals surface area contributed by atoms with Gasteiger partial charge in [-0.3, -0.25) is 4.79 Å². The second kappa shape index (κ2) is 11.2. The summed E-state index contributed by atoms with van der Waals surface area (Å²) < 4.78 is 27.7. The van der Waals surface area contributed by atoms with Crippen LogP contribution in [0.3, 0.4) is 0 Å². The summed E-state index contributed by atoms with van der Waals surface area (Å²) in [7, 11) is -4.03. The van der Waals surface area contributed by atoms with E-state index in [1.165, 1.54) is 24.3 Å². The zero-order chi connectivity index (χ0) is 23.1. The average Bonchev–Trinajstić information content (AvgIpc) is 2.76. The molecule has 0 aromatic heterocycles. The van der Waals surface area contributed by atoms with E-state index in [1.54, 1.807) is 18.2 Å². The van der Waals surface area contributed by atoms with Crippen LogP contribution in [0.4, 0.5) is 0 Å². The van der Waals surface area contributed by atoms with Crippen molar-refractivity contribution in [2.24, 2.45) is 0 Å². The molecule has 0 unspecified atom stereocenters. The van der Waals surface area contributed by atoms with Gasteiger partial charge in [0.05, 0.1) is 11.4 Å². The van der Waals surface area contributed by atoms with E-state index in [-0.39, 0.29) is 18.0 Å². The molecule has 0 saturated heterocycles. The summed E-state index contributed by atoms with van der Waals surface area (Å²) >= 11 is 18.4. The first kappa shape index (κ1) is 24.6. The number of sulfonamides is 1. The van der Waals surface area contributed by atoms with E-state index >= 15 is 0 Å². The third-order valence-electron chi connectivity index (χ3n) is 4.75. The van der Waals surface area contributed by atoms with Crippen LogP contribution in [0.15, 0.2) is 77.7 Å². The molecule has 0 heterocycles. The van der Waals surface area contributed by atoms with Gasteiger partial charge in [0.1, 0.15) is 0 Å². The second-order valence-electron chi connectivity index (χ2n) is 7.01. The summed E-state index contributed by atoms with van der Waals surface area (Å²) in [6.45, 7) is -0.165. The molecule has 5 nitrogen and oxygen atoms in total. The molecule has 3 rings (SSSR count). The van der Waals surface area contributed by atoms with Gasteiger partial charge in [-0.25, -0.2) is 8.42 Å². The molecule has 0 aliphatic rings.